The zero-order valence-electron chi connectivity index (χ0n) is 11.7. The van der Waals surface area contributed by atoms with Crippen LogP contribution >= 0.6 is 11.5 Å². The van der Waals surface area contributed by atoms with Crippen molar-refractivity contribution in [1.82, 2.24) is 0 Å². The van der Waals surface area contributed by atoms with Crippen LogP contribution in [0.2, 0.25) is 0 Å². The molecular formula is C17H17BClN2+. The molecule has 0 radical (unpaired) electrons. The van der Waals surface area contributed by atoms with Crippen LogP contribution in [0.15, 0.2) is 91.5 Å². The van der Waals surface area contributed by atoms with Gasteiger partial charge in [0.05, 0.1) is 0 Å². The van der Waals surface area contributed by atoms with E-state index in [-0.39, 0.29) is 0 Å². The maximum atomic E-state index is 7.11. The summed E-state index contributed by atoms with van der Waals surface area (Å²) in [6.07, 6.45) is 8.85. The molecule has 0 unspecified atom stereocenters. The molecule has 0 aliphatic rings. The van der Waals surface area contributed by atoms with Crippen LogP contribution in [0.5, 0.6) is 0 Å². The highest BCUT2D eigenvalue weighted by Gasteiger charge is 2.47. The van der Waals surface area contributed by atoms with Gasteiger partial charge in [0.2, 0.25) is 0 Å². The van der Waals surface area contributed by atoms with Gasteiger partial charge in [0.25, 0.3) is 0 Å². The lowest BCUT2D eigenvalue weighted by atomic mass is 9.66. The highest BCUT2D eigenvalue weighted by atomic mass is 35.5. The Labute approximate surface area is 130 Å². The van der Waals surface area contributed by atoms with E-state index >= 15 is 0 Å². The SMILES string of the molecule is Cl[B-](Cc1ccccc1)([n+]1ccccc1)[n+]1ccccc1. The number of benzene rings is 1. The third-order valence-corrected chi connectivity index (χ3v) is 4.33. The van der Waals surface area contributed by atoms with Crippen molar-refractivity contribution in [3.05, 3.63) is 97.1 Å². The summed E-state index contributed by atoms with van der Waals surface area (Å²) in [4.78, 5) is 0. The van der Waals surface area contributed by atoms with Crippen LogP contribution in [0.1, 0.15) is 5.56 Å². The van der Waals surface area contributed by atoms with Crippen LogP contribution in [-0.2, 0) is 6.32 Å². The van der Waals surface area contributed by atoms with Crippen LogP contribution in [-0.4, -0.2) is 5.83 Å². The molecule has 0 saturated carbocycles. The molecule has 2 heterocycles. The summed E-state index contributed by atoms with van der Waals surface area (Å²) < 4.78 is 4.18. The normalized spacial score (nSPS) is 11.3. The van der Waals surface area contributed by atoms with E-state index in [4.69, 9.17) is 11.5 Å². The average Bonchev–Trinajstić information content (AvgIpc) is 2.57. The van der Waals surface area contributed by atoms with Crippen molar-refractivity contribution in [3.8, 4) is 0 Å². The van der Waals surface area contributed by atoms with Crippen molar-refractivity contribution in [2.75, 3.05) is 0 Å². The minimum Gasteiger partial charge on any atom is -0.345 e. The molecule has 0 fully saturated rings. The van der Waals surface area contributed by atoms with Gasteiger partial charge in [-0.2, -0.15) is 0 Å². The minimum absolute atomic E-state index is 0.756. The summed E-state index contributed by atoms with van der Waals surface area (Å²) in [6, 6.07) is 22.4. The monoisotopic (exact) mass is 295 g/mol. The minimum atomic E-state index is -1.48. The van der Waals surface area contributed by atoms with Gasteiger partial charge in [-0.15, -0.1) is 0 Å². The maximum absolute atomic E-state index is 7.11. The van der Waals surface area contributed by atoms with Gasteiger partial charge in [0.15, 0.2) is 0 Å². The summed E-state index contributed by atoms with van der Waals surface area (Å²) >= 11 is 7.11. The van der Waals surface area contributed by atoms with Crippen LogP contribution in [0.4, 0.5) is 0 Å². The molecule has 0 aliphatic carbocycles. The maximum Gasteiger partial charge on any atom is 0.637 e. The molecular weight excluding hydrogens is 278 g/mol. The second kappa shape index (κ2) is 6.11. The third kappa shape index (κ3) is 2.98. The first-order valence-electron chi connectivity index (χ1n) is 7.11. The first-order valence-corrected chi connectivity index (χ1v) is 7.54. The number of pyridine rings is 2. The zero-order valence-corrected chi connectivity index (χ0v) is 12.5. The summed E-state index contributed by atoms with van der Waals surface area (Å²) in [6.45, 7) is 0. The van der Waals surface area contributed by atoms with Crippen molar-refractivity contribution >= 4 is 17.3 Å². The first kappa shape index (κ1) is 13.8. The highest BCUT2D eigenvalue weighted by Crippen LogP contribution is 2.10. The molecule has 0 bridgehead atoms. The summed E-state index contributed by atoms with van der Waals surface area (Å²) in [5.41, 5.74) is 1.22. The van der Waals surface area contributed by atoms with Crippen molar-refractivity contribution in [2.45, 2.75) is 6.32 Å². The van der Waals surface area contributed by atoms with Gasteiger partial charge in [0, 0.05) is 6.32 Å². The fourth-order valence-electron chi connectivity index (χ4n) is 2.63. The molecule has 1 aromatic carbocycles. The number of nitrogens with zero attached hydrogens (tertiary/aromatic N) is 2. The number of rotatable bonds is 4. The number of halogens is 1. The zero-order chi connectivity index (χ0) is 14.5. The standard InChI is InChI=1S/C17H17BClN2/c19-18(20-12-6-2-7-13-20,21-14-8-3-9-15-21)16-17-10-4-1-5-11-17/h1-15H,16H2/q+1. The van der Waals surface area contributed by atoms with Crippen LogP contribution in [0, 0.1) is 0 Å². The predicted octanol–water partition coefficient (Wildman–Crippen LogP) is 2.62. The molecule has 21 heavy (non-hydrogen) atoms. The Morgan fingerprint density at radius 3 is 1.57 bits per heavy atom. The highest BCUT2D eigenvalue weighted by molar-refractivity contribution is 7.09. The fraction of sp³-hybridized carbons (Fsp3) is 0.0588. The molecule has 3 aromatic rings. The largest absolute Gasteiger partial charge is 0.637 e. The summed E-state index contributed by atoms with van der Waals surface area (Å²) in [5, 5.41) is 0. The molecule has 4 heteroatoms. The van der Waals surface area contributed by atoms with Crippen molar-refractivity contribution < 1.29 is 8.96 Å². The van der Waals surface area contributed by atoms with E-state index in [9.17, 15) is 0 Å². The Balaban J connectivity index is 2.07. The fourth-order valence-corrected chi connectivity index (χ4v) is 3.07. The Morgan fingerprint density at radius 2 is 1.10 bits per heavy atom. The van der Waals surface area contributed by atoms with Gasteiger partial charge in [0.1, 0.15) is 24.8 Å². The van der Waals surface area contributed by atoms with Crippen molar-refractivity contribution in [3.63, 3.8) is 0 Å². The van der Waals surface area contributed by atoms with E-state index in [2.05, 4.69) is 21.1 Å². The van der Waals surface area contributed by atoms with Crippen LogP contribution < -0.4 is 8.96 Å². The quantitative estimate of drug-likeness (QED) is 0.654. The summed E-state index contributed by atoms with van der Waals surface area (Å²) in [5.74, 6) is -1.48. The summed E-state index contributed by atoms with van der Waals surface area (Å²) in [7, 11) is 0. The van der Waals surface area contributed by atoms with Gasteiger partial charge in [-0.25, -0.2) is 11.5 Å². The topological polar surface area (TPSA) is 7.76 Å². The van der Waals surface area contributed by atoms with E-state index in [1.807, 2.05) is 79.4 Å². The third-order valence-electron chi connectivity index (χ3n) is 3.73. The number of hydrogen-bond donors (Lipinski definition) is 0. The molecule has 104 valence electrons. The second-order valence-electron chi connectivity index (χ2n) is 5.17. The number of hydrogen-bond acceptors (Lipinski definition) is 0. The Bertz CT molecular complexity index is 650. The molecule has 0 saturated heterocycles. The van der Waals surface area contributed by atoms with Crippen LogP contribution in [0.25, 0.3) is 0 Å². The van der Waals surface area contributed by atoms with E-state index < -0.39 is 5.83 Å². The van der Waals surface area contributed by atoms with Gasteiger partial charge < -0.3 is 8.96 Å². The van der Waals surface area contributed by atoms with Gasteiger partial charge in [-0.1, -0.05) is 48.0 Å². The molecule has 2 aromatic heterocycles. The lowest BCUT2D eigenvalue weighted by Crippen LogP contribution is -2.79. The molecule has 0 spiro atoms. The molecule has 3 rings (SSSR count). The van der Waals surface area contributed by atoms with E-state index in [1.165, 1.54) is 5.56 Å². The Hall–Kier alpha value is -2.13. The van der Waals surface area contributed by atoms with E-state index in [0.29, 0.717) is 0 Å². The number of aromatic nitrogens is 2. The molecule has 0 N–H and O–H groups in total. The first-order chi connectivity index (χ1) is 10.3. The van der Waals surface area contributed by atoms with E-state index in [0.717, 1.165) is 6.32 Å². The Morgan fingerprint density at radius 1 is 0.667 bits per heavy atom. The van der Waals surface area contributed by atoms with Gasteiger partial charge in [-0.3, -0.25) is 0 Å². The molecule has 0 aliphatic heterocycles. The van der Waals surface area contributed by atoms with Gasteiger partial charge >= 0.3 is 5.83 Å². The van der Waals surface area contributed by atoms with Crippen LogP contribution in [0.3, 0.4) is 0 Å². The average molecular weight is 296 g/mol. The predicted molar refractivity (Wildman–Crippen MR) is 85.8 cm³/mol. The van der Waals surface area contributed by atoms with Crippen molar-refractivity contribution in [2.24, 2.45) is 0 Å². The molecule has 0 atom stereocenters. The lowest BCUT2D eigenvalue weighted by Gasteiger charge is -2.22. The lowest BCUT2D eigenvalue weighted by molar-refractivity contribution is -0.682. The van der Waals surface area contributed by atoms with Crippen molar-refractivity contribution in [1.29, 1.82) is 0 Å². The molecule has 2 nitrogen and oxygen atoms in total. The smallest absolute Gasteiger partial charge is 0.345 e. The molecule has 0 amide bonds. The van der Waals surface area contributed by atoms with E-state index in [1.54, 1.807) is 0 Å². The Kier molecular flexibility index (Phi) is 4.02. The van der Waals surface area contributed by atoms with Gasteiger partial charge in [-0.05, 0) is 24.3 Å². The second-order valence-corrected chi connectivity index (χ2v) is 5.86.